The Hall–Kier alpha value is -3.01. The largest absolute Gasteiger partial charge is 0.424 e. The molecule has 0 unspecified atom stereocenters. The van der Waals surface area contributed by atoms with Gasteiger partial charge >= 0.3 is 0 Å². The second kappa shape index (κ2) is 7.43. The third-order valence-electron chi connectivity index (χ3n) is 5.07. The number of rotatable bonds is 6. The molecule has 0 aliphatic heterocycles. The van der Waals surface area contributed by atoms with E-state index in [4.69, 9.17) is 8.94 Å². The summed E-state index contributed by atoms with van der Waals surface area (Å²) in [6.45, 7) is 1.51. The molecule has 0 bridgehead atoms. The van der Waals surface area contributed by atoms with Gasteiger partial charge in [-0.25, -0.2) is 8.42 Å². The maximum atomic E-state index is 12.4. The predicted molar refractivity (Wildman–Crippen MR) is 103 cm³/mol. The normalized spacial score (nSPS) is 20.1. The van der Waals surface area contributed by atoms with Gasteiger partial charge in [-0.05, 0) is 19.8 Å². The highest BCUT2D eigenvalue weighted by Gasteiger charge is 2.36. The molecular weight excluding hydrogens is 396 g/mol. The number of hydrogen-bond acceptors (Lipinski definition) is 8. The highest BCUT2D eigenvalue weighted by atomic mass is 32.2. The molecule has 1 aliphatic carbocycles. The topological polar surface area (TPSA) is 128 Å². The maximum absolute atomic E-state index is 12.4. The first-order valence-electron chi connectivity index (χ1n) is 9.16. The van der Waals surface area contributed by atoms with Crippen LogP contribution in [0.15, 0.2) is 45.3 Å². The van der Waals surface area contributed by atoms with Gasteiger partial charge in [-0.3, -0.25) is 4.79 Å². The van der Waals surface area contributed by atoms with E-state index in [0.717, 1.165) is 11.8 Å². The Morgan fingerprint density at radius 2 is 1.93 bits per heavy atom. The zero-order chi connectivity index (χ0) is 20.6. The SMILES string of the molecule is C[C@H](c1nnc([C@H]2C[C@H](NC(=O)c3cc(-c4ccccc4)on3)C2)o1)S(C)(=O)=O. The van der Waals surface area contributed by atoms with Crippen LogP contribution in [0.25, 0.3) is 11.3 Å². The highest BCUT2D eigenvalue weighted by Crippen LogP contribution is 2.37. The van der Waals surface area contributed by atoms with Crippen molar-refractivity contribution < 1.29 is 22.2 Å². The van der Waals surface area contributed by atoms with Crippen LogP contribution in [0.3, 0.4) is 0 Å². The first kappa shape index (κ1) is 19.3. The second-order valence-corrected chi connectivity index (χ2v) is 9.60. The van der Waals surface area contributed by atoms with Crippen LogP contribution in [-0.4, -0.2) is 42.0 Å². The van der Waals surface area contributed by atoms with Gasteiger partial charge in [-0.15, -0.1) is 10.2 Å². The van der Waals surface area contributed by atoms with E-state index < -0.39 is 15.1 Å². The van der Waals surface area contributed by atoms with Crippen molar-refractivity contribution in [3.05, 3.63) is 53.9 Å². The van der Waals surface area contributed by atoms with Gasteiger partial charge < -0.3 is 14.3 Å². The standard InChI is InChI=1S/C19H20N4O5S/c1-11(29(2,25)26)18-21-22-19(27-18)13-8-14(9-13)20-17(24)15-10-16(28-23-15)12-6-4-3-5-7-12/h3-7,10-11,13-14H,8-9H2,1-2H3,(H,20,24)/t11-,13-,14-/m1/s1. The molecule has 0 radical (unpaired) electrons. The van der Waals surface area contributed by atoms with Gasteiger partial charge in [0.2, 0.25) is 11.8 Å². The van der Waals surface area contributed by atoms with Gasteiger partial charge in [-0.1, -0.05) is 35.5 Å². The van der Waals surface area contributed by atoms with E-state index in [2.05, 4.69) is 20.7 Å². The Morgan fingerprint density at radius 1 is 1.21 bits per heavy atom. The molecular formula is C19H20N4O5S. The predicted octanol–water partition coefficient (Wildman–Crippen LogP) is 2.51. The lowest BCUT2D eigenvalue weighted by Gasteiger charge is -2.33. The van der Waals surface area contributed by atoms with Gasteiger partial charge in [0.25, 0.3) is 5.91 Å². The van der Waals surface area contributed by atoms with Crippen molar-refractivity contribution in [2.45, 2.75) is 37.0 Å². The van der Waals surface area contributed by atoms with Gasteiger partial charge in [0.05, 0.1) is 0 Å². The van der Waals surface area contributed by atoms with Crippen LogP contribution in [0.2, 0.25) is 0 Å². The fourth-order valence-corrected chi connectivity index (χ4v) is 3.54. The van der Waals surface area contributed by atoms with E-state index in [0.29, 0.717) is 24.5 Å². The summed E-state index contributed by atoms with van der Waals surface area (Å²) in [5.74, 6) is 0.697. The lowest BCUT2D eigenvalue weighted by molar-refractivity contribution is 0.0894. The molecule has 2 heterocycles. The van der Waals surface area contributed by atoms with Crippen molar-refractivity contribution in [2.75, 3.05) is 6.26 Å². The van der Waals surface area contributed by atoms with Crippen LogP contribution in [0, 0.1) is 0 Å². The number of nitrogens with one attached hydrogen (secondary N) is 1. The van der Waals surface area contributed by atoms with Gasteiger partial charge in [0.1, 0.15) is 5.25 Å². The van der Waals surface area contributed by atoms with Crippen LogP contribution >= 0.6 is 0 Å². The molecule has 10 heteroatoms. The molecule has 1 N–H and O–H groups in total. The molecule has 0 spiro atoms. The van der Waals surface area contributed by atoms with Crippen molar-refractivity contribution in [2.24, 2.45) is 0 Å². The van der Waals surface area contributed by atoms with Crippen LogP contribution in [0.1, 0.15) is 53.2 Å². The fraction of sp³-hybridized carbons (Fsp3) is 0.368. The Kier molecular flexibility index (Phi) is 4.95. The minimum absolute atomic E-state index is 0.00880. The molecule has 0 saturated heterocycles. The lowest BCUT2D eigenvalue weighted by Crippen LogP contribution is -2.43. The van der Waals surface area contributed by atoms with Crippen LogP contribution in [0.4, 0.5) is 0 Å². The number of hydrogen-bond donors (Lipinski definition) is 1. The molecule has 1 saturated carbocycles. The monoisotopic (exact) mass is 416 g/mol. The highest BCUT2D eigenvalue weighted by molar-refractivity contribution is 7.90. The number of nitrogens with zero attached hydrogens (tertiary/aromatic N) is 3. The van der Waals surface area contributed by atoms with Crippen molar-refractivity contribution in [1.82, 2.24) is 20.7 Å². The minimum atomic E-state index is -3.30. The molecule has 4 rings (SSSR count). The van der Waals surface area contributed by atoms with E-state index in [9.17, 15) is 13.2 Å². The first-order valence-corrected chi connectivity index (χ1v) is 11.1. The molecule has 9 nitrogen and oxygen atoms in total. The summed E-state index contributed by atoms with van der Waals surface area (Å²) in [6, 6.07) is 11.0. The molecule has 1 aliphatic rings. The third-order valence-corrected chi connectivity index (χ3v) is 6.56. The van der Waals surface area contributed by atoms with E-state index >= 15 is 0 Å². The van der Waals surface area contributed by atoms with Crippen molar-refractivity contribution in [1.29, 1.82) is 0 Å². The fourth-order valence-electron chi connectivity index (χ4n) is 3.08. The number of benzene rings is 1. The van der Waals surface area contributed by atoms with Gasteiger partial charge in [0, 0.05) is 29.8 Å². The number of amides is 1. The average molecular weight is 416 g/mol. The number of carbonyl (C=O) groups excluding carboxylic acids is 1. The molecule has 1 amide bonds. The zero-order valence-electron chi connectivity index (χ0n) is 15.9. The van der Waals surface area contributed by atoms with E-state index in [1.54, 1.807) is 6.07 Å². The summed E-state index contributed by atoms with van der Waals surface area (Å²) in [5, 5.41) is 13.7. The molecule has 1 fully saturated rings. The minimum Gasteiger partial charge on any atom is -0.424 e. The first-order chi connectivity index (χ1) is 13.8. The Labute approximate surface area is 167 Å². The summed E-state index contributed by atoms with van der Waals surface area (Å²) in [5.41, 5.74) is 1.06. The molecule has 1 aromatic carbocycles. The van der Waals surface area contributed by atoms with E-state index in [1.807, 2.05) is 30.3 Å². The lowest BCUT2D eigenvalue weighted by atomic mass is 9.80. The van der Waals surface area contributed by atoms with Gasteiger partial charge in [0.15, 0.2) is 21.3 Å². The third kappa shape index (κ3) is 4.07. The number of sulfone groups is 1. The Bertz CT molecular complexity index is 1120. The second-order valence-electron chi connectivity index (χ2n) is 7.23. The molecule has 152 valence electrons. The zero-order valence-corrected chi connectivity index (χ0v) is 16.7. The maximum Gasteiger partial charge on any atom is 0.273 e. The number of aromatic nitrogens is 3. The molecule has 29 heavy (non-hydrogen) atoms. The van der Waals surface area contributed by atoms with Crippen LogP contribution in [-0.2, 0) is 9.84 Å². The summed E-state index contributed by atoms with van der Waals surface area (Å²) < 4.78 is 34.0. The van der Waals surface area contributed by atoms with E-state index in [1.165, 1.54) is 6.92 Å². The summed E-state index contributed by atoms with van der Waals surface area (Å²) in [7, 11) is -3.30. The summed E-state index contributed by atoms with van der Waals surface area (Å²) in [4.78, 5) is 12.4. The average Bonchev–Trinajstić information content (AvgIpc) is 3.33. The van der Waals surface area contributed by atoms with Crippen LogP contribution in [0.5, 0.6) is 0 Å². The van der Waals surface area contributed by atoms with Crippen molar-refractivity contribution in [3.63, 3.8) is 0 Å². The number of carbonyl (C=O) groups is 1. The summed E-state index contributed by atoms with van der Waals surface area (Å²) in [6.07, 6.45) is 2.39. The van der Waals surface area contributed by atoms with Gasteiger partial charge in [-0.2, -0.15) is 0 Å². The quantitative estimate of drug-likeness (QED) is 0.649. The Balaban J connectivity index is 1.33. The summed E-state index contributed by atoms with van der Waals surface area (Å²) >= 11 is 0. The smallest absolute Gasteiger partial charge is 0.273 e. The molecule has 1 atom stereocenters. The van der Waals surface area contributed by atoms with E-state index in [-0.39, 0.29) is 29.5 Å². The van der Waals surface area contributed by atoms with Crippen molar-refractivity contribution >= 4 is 15.7 Å². The Morgan fingerprint density at radius 3 is 2.62 bits per heavy atom. The molecule has 3 aromatic rings. The van der Waals surface area contributed by atoms with Crippen LogP contribution < -0.4 is 5.32 Å². The molecule has 2 aromatic heterocycles. The van der Waals surface area contributed by atoms with Crippen molar-refractivity contribution in [3.8, 4) is 11.3 Å².